The van der Waals surface area contributed by atoms with E-state index < -0.39 is 0 Å². The Kier molecular flexibility index (Phi) is 3.44. The number of benzene rings is 2. The maximum atomic E-state index is 13.4. The molecule has 1 amide bonds. The quantitative estimate of drug-likeness (QED) is 0.775. The lowest BCUT2D eigenvalue weighted by atomic mass is 10.1. The Bertz CT molecular complexity index is 794. The number of halogens is 1. The Morgan fingerprint density at radius 1 is 1.19 bits per heavy atom. The standard InChI is InChI=1S/C17H15FN2O/c1-2-20(14-7-4-6-13(18)11-14)17(21)15-8-3-5-12-9-10-19-16(12)15/h3-11,19H,2H2,1H3. The number of carbonyl (C=O) groups excluding carboxylic acids is 1. The Hall–Kier alpha value is -2.62. The average molecular weight is 282 g/mol. The summed E-state index contributed by atoms with van der Waals surface area (Å²) in [5, 5.41) is 0.983. The van der Waals surface area contributed by atoms with E-state index in [4.69, 9.17) is 0 Å². The fourth-order valence-electron chi connectivity index (χ4n) is 2.50. The van der Waals surface area contributed by atoms with Crippen molar-refractivity contribution in [3.05, 3.63) is 66.1 Å². The molecule has 0 aliphatic heterocycles. The van der Waals surface area contributed by atoms with Crippen molar-refractivity contribution in [1.82, 2.24) is 4.98 Å². The maximum Gasteiger partial charge on any atom is 0.260 e. The van der Waals surface area contributed by atoms with E-state index >= 15 is 0 Å². The molecule has 3 aromatic rings. The molecule has 3 rings (SSSR count). The highest BCUT2D eigenvalue weighted by Gasteiger charge is 2.19. The molecular weight excluding hydrogens is 267 g/mol. The minimum atomic E-state index is -0.350. The third-order valence-electron chi connectivity index (χ3n) is 3.50. The van der Waals surface area contributed by atoms with E-state index in [0.29, 0.717) is 17.8 Å². The fourth-order valence-corrected chi connectivity index (χ4v) is 2.50. The minimum Gasteiger partial charge on any atom is -0.361 e. The molecule has 4 heteroatoms. The first kappa shape index (κ1) is 13.4. The lowest BCUT2D eigenvalue weighted by molar-refractivity contribution is 0.0989. The highest BCUT2D eigenvalue weighted by molar-refractivity contribution is 6.13. The Labute approximate surface area is 122 Å². The van der Waals surface area contributed by atoms with E-state index in [2.05, 4.69) is 4.98 Å². The van der Waals surface area contributed by atoms with Crippen LogP contribution in [0.4, 0.5) is 10.1 Å². The lowest BCUT2D eigenvalue weighted by Gasteiger charge is -2.21. The van der Waals surface area contributed by atoms with Crippen molar-refractivity contribution in [2.45, 2.75) is 6.92 Å². The summed E-state index contributed by atoms with van der Waals surface area (Å²) < 4.78 is 13.4. The van der Waals surface area contributed by atoms with Crippen molar-refractivity contribution < 1.29 is 9.18 Å². The molecule has 1 N–H and O–H groups in total. The van der Waals surface area contributed by atoms with E-state index in [1.165, 1.54) is 12.1 Å². The van der Waals surface area contributed by atoms with Gasteiger partial charge in [-0.15, -0.1) is 0 Å². The van der Waals surface area contributed by atoms with Gasteiger partial charge in [-0.2, -0.15) is 0 Å². The second-order valence-corrected chi connectivity index (χ2v) is 4.78. The summed E-state index contributed by atoms with van der Waals surface area (Å²) in [6.45, 7) is 2.34. The second-order valence-electron chi connectivity index (χ2n) is 4.78. The Balaban J connectivity index is 2.05. The third kappa shape index (κ3) is 2.40. The summed E-state index contributed by atoms with van der Waals surface area (Å²) in [4.78, 5) is 17.4. The van der Waals surface area contributed by atoms with Crippen LogP contribution in [0.3, 0.4) is 0 Å². The maximum absolute atomic E-state index is 13.4. The SMILES string of the molecule is CCN(C(=O)c1cccc2cc[nH]c12)c1cccc(F)c1. The molecule has 0 saturated carbocycles. The number of H-pyrrole nitrogens is 1. The van der Waals surface area contributed by atoms with Gasteiger partial charge in [-0.1, -0.05) is 18.2 Å². The van der Waals surface area contributed by atoms with Gasteiger partial charge in [0.05, 0.1) is 11.1 Å². The number of nitrogens with one attached hydrogen (secondary N) is 1. The van der Waals surface area contributed by atoms with Gasteiger partial charge < -0.3 is 9.88 Å². The second kappa shape index (κ2) is 5.40. The van der Waals surface area contributed by atoms with E-state index in [9.17, 15) is 9.18 Å². The Morgan fingerprint density at radius 3 is 2.76 bits per heavy atom. The molecule has 0 spiro atoms. The molecular formula is C17H15FN2O. The third-order valence-corrected chi connectivity index (χ3v) is 3.50. The van der Waals surface area contributed by atoms with Crippen LogP contribution in [0.2, 0.25) is 0 Å². The largest absolute Gasteiger partial charge is 0.361 e. The first-order chi connectivity index (χ1) is 10.2. The van der Waals surface area contributed by atoms with Crippen molar-refractivity contribution >= 4 is 22.5 Å². The molecule has 0 atom stereocenters. The van der Waals surface area contributed by atoms with Gasteiger partial charge in [0.25, 0.3) is 5.91 Å². The predicted molar refractivity (Wildman–Crippen MR) is 82.0 cm³/mol. The van der Waals surface area contributed by atoms with Crippen LogP contribution >= 0.6 is 0 Å². The zero-order chi connectivity index (χ0) is 14.8. The number of carbonyl (C=O) groups is 1. The van der Waals surface area contributed by atoms with Gasteiger partial charge in [0.2, 0.25) is 0 Å². The number of hydrogen-bond acceptors (Lipinski definition) is 1. The Morgan fingerprint density at radius 2 is 2.00 bits per heavy atom. The van der Waals surface area contributed by atoms with Crippen LogP contribution in [0, 0.1) is 5.82 Å². The fraction of sp³-hybridized carbons (Fsp3) is 0.118. The molecule has 3 nitrogen and oxygen atoms in total. The van der Waals surface area contributed by atoms with Crippen LogP contribution in [0.25, 0.3) is 10.9 Å². The highest BCUT2D eigenvalue weighted by Crippen LogP contribution is 2.22. The van der Waals surface area contributed by atoms with Crippen LogP contribution in [0.1, 0.15) is 17.3 Å². The minimum absolute atomic E-state index is 0.142. The zero-order valence-corrected chi connectivity index (χ0v) is 11.6. The molecule has 1 aromatic heterocycles. The molecule has 0 aliphatic rings. The lowest BCUT2D eigenvalue weighted by Crippen LogP contribution is -2.30. The van der Waals surface area contributed by atoms with Crippen molar-refractivity contribution in [1.29, 1.82) is 0 Å². The molecule has 0 radical (unpaired) electrons. The van der Waals surface area contributed by atoms with Crippen molar-refractivity contribution in [3.63, 3.8) is 0 Å². The smallest absolute Gasteiger partial charge is 0.260 e. The molecule has 0 bridgehead atoms. The number of anilines is 1. The van der Waals surface area contributed by atoms with Gasteiger partial charge in [0, 0.05) is 23.8 Å². The number of amides is 1. The summed E-state index contributed by atoms with van der Waals surface area (Å²) in [5.74, 6) is -0.493. The first-order valence-electron chi connectivity index (χ1n) is 6.84. The highest BCUT2D eigenvalue weighted by atomic mass is 19.1. The molecule has 0 aliphatic carbocycles. The predicted octanol–water partition coefficient (Wildman–Crippen LogP) is 3.97. The molecule has 1 heterocycles. The van der Waals surface area contributed by atoms with Crippen LogP contribution < -0.4 is 4.90 Å². The topological polar surface area (TPSA) is 36.1 Å². The molecule has 0 saturated heterocycles. The number of aromatic amines is 1. The molecule has 21 heavy (non-hydrogen) atoms. The zero-order valence-electron chi connectivity index (χ0n) is 11.6. The van der Waals surface area contributed by atoms with E-state index in [-0.39, 0.29) is 11.7 Å². The van der Waals surface area contributed by atoms with Crippen LogP contribution in [-0.2, 0) is 0 Å². The molecule has 0 fully saturated rings. The number of hydrogen-bond donors (Lipinski definition) is 1. The normalized spacial score (nSPS) is 10.8. The van der Waals surface area contributed by atoms with Crippen molar-refractivity contribution in [2.75, 3.05) is 11.4 Å². The average Bonchev–Trinajstić information content (AvgIpc) is 2.96. The summed E-state index contributed by atoms with van der Waals surface area (Å²) in [7, 11) is 0. The summed E-state index contributed by atoms with van der Waals surface area (Å²) in [5.41, 5.74) is 1.95. The molecule has 2 aromatic carbocycles. The molecule has 106 valence electrons. The van der Waals surface area contributed by atoms with Gasteiger partial charge in [0.15, 0.2) is 0 Å². The number of aromatic nitrogens is 1. The van der Waals surface area contributed by atoms with Crippen LogP contribution in [0.15, 0.2) is 54.7 Å². The van der Waals surface area contributed by atoms with Crippen molar-refractivity contribution in [2.24, 2.45) is 0 Å². The van der Waals surface area contributed by atoms with Crippen LogP contribution in [-0.4, -0.2) is 17.4 Å². The monoisotopic (exact) mass is 282 g/mol. The number of fused-ring (bicyclic) bond motifs is 1. The van der Waals surface area contributed by atoms with Gasteiger partial charge in [-0.25, -0.2) is 4.39 Å². The number of para-hydroxylation sites is 1. The van der Waals surface area contributed by atoms with E-state index in [1.807, 2.05) is 25.1 Å². The number of nitrogens with zero attached hydrogens (tertiary/aromatic N) is 1. The first-order valence-corrected chi connectivity index (χ1v) is 6.84. The number of rotatable bonds is 3. The molecule has 0 unspecified atom stereocenters. The summed E-state index contributed by atoms with van der Waals surface area (Å²) >= 11 is 0. The van der Waals surface area contributed by atoms with E-state index in [0.717, 1.165) is 10.9 Å². The van der Waals surface area contributed by atoms with Gasteiger partial charge in [-0.3, -0.25) is 4.79 Å². The van der Waals surface area contributed by atoms with Crippen LogP contribution in [0.5, 0.6) is 0 Å². The van der Waals surface area contributed by atoms with Gasteiger partial charge in [-0.05, 0) is 37.3 Å². The van der Waals surface area contributed by atoms with E-state index in [1.54, 1.807) is 29.3 Å². The van der Waals surface area contributed by atoms with Gasteiger partial charge in [0.1, 0.15) is 5.82 Å². The van der Waals surface area contributed by atoms with Crippen molar-refractivity contribution in [3.8, 4) is 0 Å². The summed E-state index contributed by atoms with van der Waals surface area (Å²) in [6.07, 6.45) is 1.81. The van der Waals surface area contributed by atoms with Gasteiger partial charge >= 0.3 is 0 Å². The summed E-state index contributed by atoms with van der Waals surface area (Å²) in [6, 6.07) is 13.6.